The smallest absolute Gasteiger partial charge is 0.329 e. The largest absolute Gasteiger partial charge is 0.479 e. The SMILES string of the molecule is Cc1nn(C)c2ncc(C(=O)N(C)C3(C(=O)O)CCCCC3)cc12. The second-order valence-electron chi connectivity index (χ2n) is 6.57. The first-order valence-electron chi connectivity index (χ1n) is 8.18. The Hall–Kier alpha value is -2.44. The first-order chi connectivity index (χ1) is 11.4. The average molecular weight is 330 g/mol. The van der Waals surface area contributed by atoms with E-state index in [0.717, 1.165) is 30.3 Å². The molecule has 1 aliphatic carbocycles. The summed E-state index contributed by atoms with van der Waals surface area (Å²) in [6.07, 6.45) is 5.14. The number of likely N-dealkylation sites (N-methyl/N-ethyl adjacent to an activating group) is 1. The van der Waals surface area contributed by atoms with Gasteiger partial charge in [0, 0.05) is 25.7 Å². The van der Waals surface area contributed by atoms with Crippen molar-refractivity contribution >= 4 is 22.9 Å². The number of nitrogens with zero attached hydrogens (tertiary/aromatic N) is 4. The topological polar surface area (TPSA) is 88.3 Å². The minimum atomic E-state index is -1.12. The fourth-order valence-electron chi connectivity index (χ4n) is 3.64. The molecule has 1 saturated carbocycles. The molecule has 0 atom stereocenters. The number of aryl methyl sites for hydroxylation is 2. The fraction of sp³-hybridized carbons (Fsp3) is 0.529. The summed E-state index contributed by atoms with van der Waals surface area (Å²) in [5.74, 6) is -1.23. The van der Waals surface area contributed by atoms with Gasteiger partial charge in [0.25, 0.3) is 5.91 Å². The molecule has 0 bridgehead atoms. The number of pyridine rings is 1. The molecule has 0 saturated heterocycles. The molecule has 0 unspecified atom stereocenters. The lowest BCUT2D eigenvalue weighted by Crippen LogP contribution is -2.56. The Morgan fingerprint density at radius 2 is 1.96 bits per heavy atom. The maximum atomic E-state index is 12.9. The molecule has 128 valence electrons. The standard InChI is InChI=1S/C17H22N4O3/c1-11-13-9-12(10-18-14(13)21(3)19-11)15(22)20(2)17(16(23)24)7-5-4-6-8-17/h9-10H,4-8H2,1-3H3,(H,23,24). The summed E-state index contributed by atoms with van der Waals surface area (Å²) in [6, 6.07) is 1.75. The van der Waals surface area contributed by atoms with Gasteiger partial charge in [-0.2, -0.15) is 5.10 Å². The molecule has 1 amide bonds. The number of rotatable bonds is 3. The van der Waals surface area contributed by atoms with E-state index in [1.807, 2.05) is 6.92 Å². The maximum absolute atomic E-state index is 12.9. The Kier molecular flexibility index (Phi) is 4.03. The molecule has 0 aliphatic heterocycles. The zero-order valence-corrected chi connectivity index (χ0v) is 14.2. The molecule has 7 nitrogen and oxygen atoms in total. The van der Waals surface area contributed by atoms with Crippen molar-refractivity contribution in [1.29, 1.82) is 0 Å². The lowest BCUT2D eigenvalue weighted by Gasteiger charge is -2.41. The van der Waals surface area contributed by atoms with Gasteiger partial charge in [0.1, 0.15) is 5.54 Å². The van der Waals surface area contributed by atoms with Crippen LogP contribution in [0.25, 0.3) is 11.0 Å². The van der Waals surface area contributed by atoms with Crippen molar-refractivity contribution in [2.45, 2.75) is 44.6 Å². The van der Waals surface area contributed by atoms with Crippen LogP contribution in [0.4, 0.5) is 0 Å². The van der Waals surface area contributed by atoms with Crippen LogP contribution >= 0.6 is 0 Å². The average Bonchev–Trinajstić information content (AvgIpc) is 2.88. The van der Waals surface area contributed by atoms with E-state index >= 15 is 0 Å². The minimum Gasteiger partial charge on any atom is -0.479 e. The van der Waals surface area contributed by atoms with Gasteiger partial charge in [0.15, 0.2) is 5.65 Å². The Balaban J connectivity index is 1.98. The molecule has 2 aromatic heterocycles. The highest BCUT2D eigenvalue weighted by molar-refractivity contribution is 6.00. The first-order valence-corrected chi connectivity index (χ1v) is 8.18. The van der Waals surface area contributed by atoms with Gasteiger partial charge in [-0.1, -0.05) is 19.3 Å². The predicted octanol–water partition coefficient (Wildman–Crippen LogP) is 2.14. The third kappa shape index (κ3) is 2.44. The number of carboxylic acids is 1. The van der Waals surface area contributed by atoms with Gasteiger partial charge < -0.3 is 10.0 Å². The number of fused-ring (bicyclic) bond motifs is 1. The Bertz CT molecular complexity index is 806. The monoisotopic (exact) mass is 330 g/mol. The minimum absolute atomic E-state index is 0.308. The summed E-state index contributed by atoms with van der Waals surface area (Å²) in [4.78, 5) is 30.5. The van der Waals surface area contributed by atoms with Crippen LogP contribution in [-0.4, -0.2) is 49.2 Å². The number of amides is 1. The van der Waals surface area contributed by atoms with Gasteiger partial charge in [-0.15, -0.1) is 0 Å². The van der Waals surface area contributed by atoms with E-state index in [9.17, 15) is 14.7 Å². The third-order valence-corrected chi connectivity index (χ3v) is 5.14. The van der Waals surface area contributed by atoms with Gasteiger partial charge in [0.2, 0.25) is 0 Å². The van der Waals surface area contributed by atoms with Crippen LogP contribution < -0.4 is 0 Å². The molecule has 24 heavy (non-hydrogen) atoms. The quantitative estimate of drug-likeness (QED) is 0.931. The zero-order chi connectivity index (χ0) is 17.5. The number of aromatic nitrogens is 3. The second kappa shape index (κ2) is 5.89. The molecule has 3 rings (SSSR count). The van der Waals surface area contributed by atoms with E-state index in [1.165, 1.54) is 11.1 Å². The van der Waals surface area contributed by atoms with Crippen molar-refractivity contribution < 1.29 is 14.7 Å². The summed E-state index contributed by atoms with van der Waals surface area (Å²) in [5.41, 5.74) is 0.779. The van der Waals surface area contributed by atoms with Crippen LogP contribution in [0.1, 0.15) is 48.2 Å². The summed E-state index contributed by atoms with van der Waals surface area (Å²) in [6.45, 7) is 1.86. The highest BCUT2D eigenvalue weighted by Crippen LogP contribution is 2.34. The van der Waals surface area contributed by atoms with Crippen molar-refractivity contribution in [2.24, 2.45) is 7.05 Å². The van der Waals surface area contributed by atoms with Gasteiger partial charge in [0.05, 0.1) is 11.3 Å². The van der Waals surface area contributed by atoms with E-state index in [1.54, 1.807) is 24.8 Å². The summed E-state index contributed by atoms with van der Waals surface area (Å²) < 4.78 is 1.67. The third-order valence-electron chi connectivity index (χ3n) is 5.14. The van der Waals surface area contributed by atoms with Crippen LogP contribution in [0.3, 0.4) is 0 Å². The van der Waals surface area contributed by atoms with Crippen molar-refractivity contribution in [3.63, 3.8) is 0 Å². The molecule has 0 aromatic carbocycles. The van der Waals surface area contributed by atoms with Gasteiger partial charge in [-0.05, 0) is 25.8 Å². The molecule has 2 aromatic rings. The molecule has 1 N–H and O–H groups in total. The number of carbonyl (C=O) groups excluding carboxylic acids is 1. The lowest BCUT2D eigenvalue weighted by atomic mass is 9.80. The number of carbonyl (C=O) groups is 2. The molecule has 1 aliphatic rings. The number of hydrogen-bond acceptors (Lipinski definition) is 4. The molecule has 0 spiro atoms. The first kappa shape index (κ1) is 16.4. The van der Waals surface area contributed by atoms with E-state index in [2.05, 4.69) is 10.1 Å². The Morgan fingerprint density at radius 1 is 1.29 bits per heavy atom. The molecule has 2 heterocycles. The zero-order valence-electron chi connectivity index (χ0n) is 14.2. The van der Waals surface area contributed by atoms with E-state index in [0.29, 0.717) is 24.1 Å². The summed E-state index contributed by atoms with van der Waals surface area (Å²) >= 11 is 0. The van der Waals surface area contributed by atoms with Crippen molar-refractivity contribution in [3.05, 3.63) is 23.5 Å². The molecule has 0 radical (unpaired) electrons. The van der Waals surface area contributed by atoms with Crippen molar-refractivity contribution in [3.8, 4) is 0 Å². The molecular formula is C17H22N4O3. The second-order valence-corrected chi connectivity index (χ2v) is 6.57. The van der Waals surface area contributed by atoms with Gasteiger partial charge >= 0.3 is 5.97 Å². The fourth-order valence-corrected chi connectivity index (χ4v) is 3.64. The predicted molar refractivity (Wildman–Crippen MR) is 88.8 cm³/mol. The Labute approximate surface area is 140 Å². The van der Waals surface area contributed by atoms with Crippen LogP contribution in [-0.2, 0) is 11.8 Å². The maximum Gasteiger partial charge on any atom is 0.329 e. The van der Waals surface area contributed by atoms with Crippen molar-refractivity contribution in [1.82, 2.24) is 19.7 Å². The highest BCUT2D eigenvalue weighted by atomic mass is 16.4. The van der Waals surface area contributed by atoms with Crippen LogP contribution in [0.5, 0.6) is 0 Å². The van der Waals surface area contributed by atoms with Crippen LogP contribution in [0, 0.1) is 6.92 Å². The number of carboxylic acid groups (broad SMARTS) is 1. The summed E-state index contributed by atoms with van der Waals surface area (Å²) in [5, 5.41) is 14.9. The number of hydrogen-bond donors (Lipinski definition) is 1. The van der Waals surface area contributed by atoms with Crippen LogP contribution in [0.15, 0.2) is 12.3 Å². The van der Waals surface area contributed by atoms with Gasteiger partial charge in [-0.25, -0.2) is 9.78 Å². The molecule has 7 heteroatoms. The lowest BCUT2D eigenvalue weighted by molar-refractivity contribution is -0.151. The van der Waals surface area contributed by atoms with E-state index < -0.39 is 11.5 Å². The summed E-state index contributed by atoms with van der Waals surface area (Å²) in [7, 11) is 3.39. The Morgan fingerprint density at radius 3 is 2.58 bits per heavy atom. The number of aliphatic carboxylic acids is 1. The molecular weight excluding hydrogens is 308 g/mol. The highest BCUT2D eigenvalue weighted by Gasteiger charge is 2.45. The van der Waals surface area contributed by atoms with Crippen molar-refractivity contribution in [2.75, 3.05) is 7.05 Å². The van der Waals surface area contributed by atoms with E-state index in [4.69, 9.17) is 0 Å². The van der Waals surface area contributed by atoms with Gasteiger partial charge in [-0.3, -0.25) is 9.48 Å². The normalized spacial score (nSPS) is 17.0. The molecule has 1 fully saturated rings. The van der Waals surface area contributed by atoms with Crippen LogP contribution in [0.2, 0.25) is 0 Å². The van der Waals surface area contributed by atoms with E-state index in [-0.39, 0.29) is 5.91 Å².